The summed E-state index contributed by atoms with van der Waals surface area (Å²) < 4.78 is 10.2. The Morgan fingerprint density at radius 1 is 0.909 bits per heavy atom. The highest BCUT2D eigenvalue weighted by Crippen LogP contribution is 2.32. The Hall–Kier alpha value is -1.06. The molecule has 1 saturated carbocycles. The minimum absolute atomic E-state index is 0.0282. The number of ether oxygens (including phenoxy) is 2. The lowest BCUT2D eigenvalue weighted by molar-refractivity contribution is -0.150. The number of hydrogen-bond acceptors (Lipinski definition) is 4. The summed E-state index contributed by atoms with van der Waals surface area (Å²) in [5.41, 5.74) is 0. The van der Waals surface area contributed by atoms with E-state index < -0.39 is 0 Å². The van der Waals surface area contributed by atoms with Gasteiger partial charge in [0.15, 0.2) is 0 Å². The van der Waals surface area contributed by atoms with Crippen LogP contribution in [0.5, 0.6) is 0 Å². The summed E-state index contributed by atoms with van der Waals surface area (Å²) in [6.07, 6.45) is 11.1. The first-order valence-corrected chi connectivity index (χ1v) is 8.93. The SMILES string of the molecule is CCCCCC1CCC(C(=O)OCCCCOC(C)=O)CC1. The van der Waals surface area contributed by atoms with Crippen LogP contribution in [-0.4, -0.2) is 25.2 Å². The summed E-state index contributed by atoms with van der Waals surface area (Å²) in [6, 6.07) is 0. The molecule has 4 nitrogen and oxygen atoms in total. The van der Waals surface area contributed by atoms with Gasteiger partial charge in [-0.3, -0.25) is 9.59 Å². The van der Waals surface area contributed by atoms with Crippen molar-refractivity contribution in [1.29, 1.82) is 0 Å². The Morgan fingerprint density at radius 3 is 2.14 bits per heavy atom. The van der Waals surface area contributed by atoms with E-state index in [0.717, 1.165) is 31.6 Å². The van der Waals surface area contributed by atoms with Crippen molar-refractivity contribution in [3.05, 3.63) is 0 Å². The molecule has 1 fully saturated rings. The molecule has 0 aliphatic heterocycles. The fourth-order valence-electron chi connectivity index (χ4n) is 3.08. The van der Waals surface area contributed by atoms with Crippen LogP contribution in [-0.2, 0) is 19.1 Å². The number of carbonyl (C=O) groups excluding carboxylic acids is 2. The fourth-order valence-corrected chi connectivity index (χ4v) is 3.08. The van der Waals surface area contributed by atoms with Gasteiger partial charge in [-0.25, -0.2) is 0 Å². The van der Waals surface area contributed by atoms with Crippen molar-refractivity contribution in [2.24, 2.45) is 11.8 Å². The lowest BCUT2D eigenvalue weighted by atomic mass is 9.80. The molecule has 0 saturated heterocycles. The molecule has 0 heterocycles. The first kappa shape index (κ1) is 19.0. The van der Waals surface area contributed by atoms with Gasteiger partial charge in [-0.2, -0.15) is 0 Å². The van der Waals surface area contributed by atoms with Gasteiger partial charge in [-0.1, -0.05) is 32.6 Å². The molecule has 1 rings (SSSR count). The monoisotopic (exact) mass is 312 g/mol. The zero-order chi connectivity index (χ0) is 16.2. The van der Waals surface area contributed by atoms with Crippen LogP contribution >= 0.6 is 0 Å². The second kappa shape index (κ2) is 11.5. The van der Waals surface area contributed by atoms with Crippen LogP contribution in [0.15, 0.2) is 0 Å². The maximum absolute atomic E-state index is 12.0. The van der Waals surface area contributed by atoms with Gasteiger partial charge in [0.1, 0.15) is 0 Å². The van der Waals surface area contributed by atoms with Gasteiger partial charge in [0, 0.05) is 6.92 Å². The van der Waals surface area contributed by atoms with E-state index in [9.17, 15) is 9.59 Å². The highest BCUT2D eigenvalue weighted by atomic mass is 16.5. The maximum atomic E-state index is 12.0. The Morgan fingerprint density at radius 2 is 1.55 bits per heavy atom. The van der Waals surface area contributed by atoms with E-state index in [2.05, 4.69) is 6.92 Å². The topological polar surface area (TPSA) is 52.6 Å². The highest BCUT2D eigenvalue weighted by molar-refractivity contribution is 5.72. The summed E-state index contributed by atoms with van der Waals surface area (Å²) in [6.45, 7) is 4.49. The Balaban J connectivity index is 2.03. The van der Waals surface area contributed by atoms with Crippen molar-refractivity contribution >= 4 is 11.9 Å². The summed E-state index contributed by atoms with van der Waals surface area (Å²) >= 11 is 0. The third-order valence-electron chi connectivity index (χ3n) is 4.48. The molecule has 1 aliphatic rings. The van der Waals surface area contributed by atoms with Crippen molar-refractivity contribution in [3.63, 3.8) is 0 Å². The quantitative estimate of drug-likeness (QED) is 0.447. The number of esters is 2. The molecule has 0 aromatic carbocycles. The Labute approximate surface area is 134 Å². The van der Waals surface area contributed by atoms with Crippen LogP contribution in [0.3, 0.4) is 0 Å². The summed E-state index contributed by atoms with van der Waals surface area (Å²) in [5.74, 6) is 0.641. The molecule has 0 amide bonds. The van der Waals surface area contributed by atoms with Gasteiger partial charge in [-0.05, 0) is 44.4 Å². The predicted molar refractivity (Wildman–Crippen MR) is 86.4 cm³/mol. The van der Waals surface area contributed by atoms with Crippen LogP contribution in [0.2, 0.25) is 0 Å². The van der Waals surface area contributed by atoms with E-state index in [1.54, 1.807) is 0 Å². The van der Waals surface area contributed by atoms with E-state index in [-0.39, 0.29) is 17.9 Å². The minimum Gasteiger partial charge on any atom is -0.466 e. The van der Waals surface area contributed by atoms with Crippen LogP contribution in [0.1, 0.15) is 78.1 Å². The normalized spacial score (nSPS) is 21.4. The van der Waals surface area contributed by atoms with Crippen LogP contribution in [0.25, 0.3) is 0 Å². The standard InChI is InChI=1S/C18H32O4/c1-3-4-5-8-16-9-11-17(12-10-16)18(20)22-14-7-6-13-21-15(2)19/h16-17H,3-14H2,1-2H3. The molecular weight excluding hydrogens is 280 g/mol. The highest BCUT2D eigenvalue weighted by Gasteiger charge is 2.26. The third kappa shape index (κ3) is 8.40. The van der Waals surface area contributed by atoms with Gasteiger partial charge < -0.3 is 9.47 Å². The van der Waals surface area contributed by atoms with Gasteiger partial charge in [0.25, 0.3) is 0 Å². The molecular formula is C18H32O4. The van der Waals surface area contributed by atoms with Crippen molar-refractivity contribution < 1.29 is 19.1 Å². The van der Waals surface area contributed by atoms with Crippen molar-refractivity contribution in [1.82, 2.24) is 0 Å². The first-order chi connectivity index (χ1) is 10.6. The van der Waals surface area contributed by atoms with E-state index in [1.807, 2.05) is 0 Å². The van der Waals surface area contributed by atoms with E-state index in [4.69, 9.17) is 9.47 Å². The summed E-state index contributed by atoms with van der Waals surface area (Å²) in [4.78, 5) is 22.6. The molecule has 0 atom stereocenters. The minimum atomic E-state index is -0.257. The average Bonchev–Trinajstić information content (AvgIpc) is 2.51. The maximum Gasteiger partial charge on any atom is 0.308 e. The van der Waals surface area contributed by atoms with Gasteiger partial charge in [-0.15, -0.1) is 0 Å². The van der Waals surface area contributed by atoms with Gasteiger partial charge in [0.05, 0.1) is 19.1 Å². The van der Waals surface area contributed by atoms with E-state index in [1.165, 1.54) is 45.4 Å². The zero-order valence-corrected chi connectivity index (χ0v) is 14.3. The number of rotatable bonds is 10. The molecule has 4 heteroatoms. The summed E-state index contributed by atoms with van der Waals surface area (Å²) in [5, 5.41) is 0. The average molecular weight is 312 g/mol. The first-order valence-electron chi connectivity index (χ1n) is 8.93. The van der Waals surface area contributed by atoms with Crippen LogP contribution in [0, 0.1) is 11.8 Å². The predicted octanol–water partition coefficient (Wildman–Crippen LogP) is 4.26. The molecule has 22 heavy (non-hydrogen) atoms. The molecule has 0 unspecified atom stereocenters. The lowest BCUT2D eigenvalue weighted by Crippen LogP contribution is -2.24. The number of unbranched alkanes of at least 4 members (excludes halogenated alkanes) is 3. The summed E-state index contributed by atoms with van der Waals surface area (Å²) in [7, 11) is 0. The van der Waals surface area contributed by atoms with Crippen molar-refractivity contribution in [2.75, 3.05) is 13.2 Å². The molecule has 0 spiro atoms. The second-order valence-electron chi connectivity index (χ2n) is 6.43. The molecule has 1 aliphatic carbocycles. The Bertz CT molecular complexity index is 319. The third-order valence-corrected chi connectivity index (χ3v) is 4.48. The zero-order valence-electron chi connectivity index (χ0n) is 14.3. The molecule has 0 N–H and O–H groups in total. The largest absolute Gasteiger partial charge is 0.466 e. The lowest BCUT2D eigenvalue weighted by Gasteiger charge is -2.27. The van der Waals surface area contributed by atoms with Crippen molar-refractivity contribution in [3.8, 4) is 0 Å². The fraction of sp³-hybridized carbons (Fsp3) is 0.889. The van der Waals surface area contributed by atoms with Gasteiger partial charge >= 0.3 is 11.9 Å². The van der Waals surface area contributed by atoms with E-state index in [0.29, 0.717) is 13.2 Å². The number of carbonyl (C=O) groups is 2. The van der Waals surface area contributed by atoms with Crippen molar-refractivity contribution in [2.45, 2.75) is 78.1 Å². The molecule has 0 aromatic heterocycles. The Kier molecular flexibility index (Phi) is 9.93. The molecule has 0 bridgehead atoms. The van der Waals surface area contributed by atoms with E-state index >= 15 is 0 Å². The smallest absolute Gasteiger partial charge is 0.308 e. The van der Waals surface area contributed by atoms with Crippen LogP contribution < -0.4 is 0 Å². The molecule has 0 aromatic rings. The van der Waals surface area contributed by atoms with Gasteiger partial charge in [0.2, 0.25) is 0 Å². The molecule has 0 radical (unpaired) electrons. The second-order valence-corrected chi connectivity index (χ2v) is 6.43. The van der Waals surface area contributed by atoms with Crippen LogP contribution in [0.4, 0.5) is 0 Å². The number of hydrogen-bond donors (Lipinski definition) is 0. The molecule has 128 valence electrons.